The Morgan fingerprint density at radius 1 is 0.947 bits per heavy atom. The molecule has 0 aromatic rings. The highest BCUT2D eigenvalue weighted by atomic mass is 32.1. The molecule has 4 nitrogen and oxygen atoms in total. The number of nitrogens with zero attached hydrogens (tertiary/aromatic N) is 1. The summed E-state index contributed by atoms with van der Waals surface area (Å²) in [5.41, 5.74) is 0. The van der Waals surface area contributed by atoms with Gasteiger partial charge in [0, 0.05) is 24.9 Å². The summed E-state index contributed by atoms with van der Waals surface area (Å²) < 4.78 is 15.7. The molecule has 0 aromatic heterocycles. The first-order chi connectivity index (χ1) is 8.95. The molecule has 0 saturated carbocycles. The van der Waals surface area contributed by atoms with Gasteiger partial charge < -0.3 is 19.1 Å². The molecule has 0 aliphatic rings. The number of methoxy groups -OCH3 is 1. The molecule has 0 fully saturated rings. The largest absolute Gasteiger partial charge is 0.382 e. The van der Waals surface area contributed by atoms with Crippen LogP contribution in [0.25, 0.3) is 0 Å². The molecule has 118 valence electrons. The van der Waals surface area contributed by atoms with Crippen molar-refractivity contribution in [2.75, 3.05) is 60.3 Å². The van der Waals surface area contributed by atoms with E-state index in [1.54, 1.807) is 7.11 Å². The lowest BCUT2D eigenvalue weighted by atomic mass is 10.2. The van der Waals surface area contributed by atoms with Crippen LogP contribution >= 0.6 is 12.6 Å². The van der Waals surface area contributed by atoms with Gasteiger partial charge in [-0.15, -0.1) is 0 Å². The molecule has 0 spiro atoms. The van der Waals surface area contributed by atoms with Crippen molar-refractivity contribution in [3.8, 4) is 0 Å². The van der Waals surface area contributed by atoms with Gasteiger partial charge in [-0.1, -0.05) is 13.8 Å². The first-order valence-electron chi connectivity index (χ1n) is 7.01. The van der Waals surface area contributed by atoms with Crippen molar-refractivity contribution < 1.29 is 14.2 Å². The zero-order chi connectivity index (χ0) is 15.1. The van der Waals surface area contributed by atoms with Gasteiger partial charge in [-0.2, -0.15) is 12.6 Å². The number of rotatable bonds is 11. The Morgan fingerprint density at radius 2 is 1.42 bits per heavy atom. The summed E-state index contributed by atoms with van der Waals surface area (Å²) in [6.07, 6.45) is 0. The maximum atomic E-state index is 5.47. The molecule has 0 saturated heterocycles. The molecule has 19 heavy (non-hydrogen) atoms. The fourth-order valence-corrected chi connectivity index (χ4v) is 1.67. The number of hydrogen-bond acceptors (Lipinski definition) is 5. The standard InChI is InChI=1S/C12H27NO3S.C2H6/c1-12(2,17)11-13(3)5-6-15-9-10-16-8-7-14-4;1-2/h17H,5-11H2,1-4H3;1-2H3. The molecule has 5 heteroatoms. The lowest BCUT2D eigenvalue weighted by Gasteiger charge is -2.25. The summed E-state index contributed by atoms with van der Waals surface area (Å²) in [6.45, 7) is 13.4. The average molecular weight is 295 g/mol. The van der Waals surface area contributed by atoms with Gasteiger partial charge in [0.15, 0.2) is 0 Å². The number of ether oxygens (including phenoxy) is 3. The molecule has 0 unspecified atom stereocenters. The summed E-state index contributed by atoms with van der Waals surface area (Å²) in [5.74, 6) is 0. The van der Waals surface area contributed by atoms with Gasteiger partial charge >= 0.3 is 0 Å². The van der Waals surface area contributed by atoms with E-state index in [9.17, 15) is 0 Å². The highest BCUT2D eigenvalue weighted by Gasteiger charge is 2.13. The lowest BCUT2D eigenvalue weighted by molar-refractivity contribution is 0.0206. The fraction of sp³-hybridized carbons (Fsp3) is 1.00. The van der Waals surface area contributed by atoms with E-state index < -0.39 is 0 Å². The molecule has 0 radical (unpaired) electrons. The van der Waals surface area contributed by atoms with Crippen LogP contribution in [0.3, 0.4) is 0 Å². The smallest absolute Gasteiger partial charge is 0.0701 e. The second kappa shape index (κ2) is 14.6. The minimum Gasteiger partial charge on any atom is -0.382 e. The highest BCUT2D eigenvalue weighted by molar-refractivity contribution is 7.81. The third kappa shape index (κ3) is 20.7. The molecule has 0 N–H and O–H groups in total. The normalized spacial score (nSPS) is 11.4. The van der Waals surface area contributed by atoms with Crippen LogP contribution in [0, 0.1) is 0 Å². The molecular weight excluding hydrogens is 262 g/mol. The Balaban J connectivity index is 0. The molecule has 0 bridgehead atoms. The topological polar surface area (TPSA) is 30.9 Å². The predicted octanol–water partition coefficient (Wildman–Crippen LogP) is 2.33. The van der Waals surface area contributed by atoms with Crippen molar-refractivity contribution in [1.29, 1.82) is 0 Å². The van der Waals surface area contributed by atoms with E-state index in [1.807, 2.05) is 13.8 Å². The Bertz CT molecular complexity index is 175. The SMILES string of the molecule is CC.COCCOCCOCCN(C)CC(C)(C)S. The van der Waals surface area contributed by atoms with Crippen molar-refractivity contribution in [3.05, 3.63) is 0 Å². The highest BCUT2D eigenvalue weighted by Crippen LogP contribution is 2.12. The van der Waals surface area contributed by atoms with Crippen LogP contribution in [-0.4, -0.2) is 69.9 Å². The quantitative estimate of drug-likeness (QED) is 0.468. The second-order valence-electron chi connectivity index (χ2n) is 4.77. The van der Waals surface area contributed by atoms with Gasteiger partial charge in [-0.3, -0.25) is 0 Å². The van der Waals surface area contributed by atoms with Crippen molar-refractivity contribution in [2.45, 2.75) is 32.4 Å². The van der Waals surface area contributed by atoms with Gasteiger partial charge in [0.2, 0.25) is 0 Å². The van der Waals surface area contributed by atoms with Crippen molar-refractivity contribution >= 4 is 12.6 Å². The van der Waals surface area contributed by atoms with Gasteiger partial charge in [0.1, 0.15) is 0 Å². The van der Waals surface area contributed by atoms with Crippen molar-refractivity contribution in [1.82, 2.24) is 4.90 Å². The summed E-state index contributed by atoms with van der Waals surface area (Å²) in [4.78, 5) is 2.22. The molecular formula is C14H33NO3S. The minimum absolute atomic E-state index is 0.0397. The van der Waals surface area contributed by atoms with Crippen LogP contribution in [0.1, 0.15) is 27.7 Å². The molecule has 0 aliphatic heterocycles. The van der Waals surface area contributed by atoms with Crippen LogP contribution in [0.15, 0.2) is 0 Å². The second-order valence-corrected chi connectivity index (χ2v) is 5.98. The number of hydrogen-bond donors (Lipinski definition) is 1. The predicted molar refractivity (Wildman–Crippen MR) is 85.4 cm³/mol. The summed E-state index contributed by atoms with van der Waals surface area (Å²) >= 11 is 4.49. The first-order valence-corrected chi connectivity index (χ1v) is 7.46. The van der Waals surface area contributed by atoms with Gasteiger partial charge in [-0.25, -0.2) is 0 Å². The van der Waals surface area contributed by atoms with E-state index in [0.29, 0.717) is 26.4 Å². The van der Waals surface area contributed by atoms with Crippen molar-refractivity contribution in [3.63, 3.8) is 0 Å². The van der Waals surface area contributed by atoms with Gasteiger partial charge in [-0.05, 0) is 20.9 Å². The van der Waals surface area contributed by atoms with E-state index in [1.165, 1.54) is 0 Å². The minimum atomic E-state index is 0.0397. The molecule has 0 rings (SSSR count). The van der Waals surface area contributed by atoms with E-state index in [-0.39, 0.29) is 4.75 Å². The van der Waals surface area contributed by atoms with E-state index in [0.717, 1.165) is 19.7 Å². The van der Waals surface area contributed by atoms with E-state index in [4.69, 9.17) is 14.2 Å². The zero-order valence-electron chi connectivity index (χ0n) is 13.6. The Labute approximate surface area is 125 Å². The maximum Gasteiger partial charge on any atom is 0.0701 e. The Kier molecular flexibility index (Phi) is 16.5. The van der Waals surface area contributed by atoms with Crippen LogP contribution in [0.5, 0.6) is 0 Å². The van der Waals surface area contributed by atoms with Gasteiger partial charge in [0.05, 0.1) is 33.0 Å². The van der Waals surface area contributed by atoms with E-state index in [2.05, 4.69) is 38.4 Å². The number of likely N-dealkylation sites (N-methyl/N-ethyl adjacent to an activating group) is 1. The molecule has 0 amide bonds. The Hall–Kier alpha value is 0.190. The number of thiol groups is 1. The molecule has 0 heterocycles. The van der Waals surface area contributed by atoms with Crippen LogP contribution < -0.4 is 0 Å². The van der Waals surface area contributed by atoms with Gasteiger partial charge in [0.25, 0.3) is 0 Å². The third-order valence-electron chi connectivity index (χ3n) is 2.08. The molecule has 0 atom stereocenters. The summed E-state index contributed by atoms with van der Waals surface area (Å²) in [7, 11) is 3.75. The maximum absolute atomic E-state index is 5.47. The molecule has 0 aromatic carbocycles. The third-order valence-corrected chi connectivity index (χ3v) is 2.22. The summed E-state index contributed by atoms with van der Waals surface area (Å²) in [6, 6.07) is 0. The Morgan fingerprint density at radius 3 is 1.89 bits per heavy atom. The van der Waals surface area contributed by atoms with E-state index >= 15 is 0 Å². The first kappa shape index (κ1) is 21.5. The monoisotopic (exact) mass is 295 g/mol. The summed E-state index contributed by atoms with van der Waals surface area (Å²) in [5, 5.41) is 0. The lowest BCUT2D eigenvalue weighted by Crippen LogP contribution is -2.34. The zero-order valence-corrected chi connectivity index (χ0v) is 14.5. The van der Waals surface area contributed by atoms with Crippen molar-refractivity contribution in [2.24, 2.45) is 0 Å². The van der Waals surface area contributed by atoms with Crippen LogP contribution in [0.4, 0.5) is 0 Å². The average Bonchev–Trinajstić information content (AvgIpc) is 2.33. The van der Waals surface area contributed by atoms with Crippen LogP contribution in [0.2, 0.25) is 0 Å². The fourth-order valence-electron chi connectivity index (χ4n) is 1.42. The molecule has 0 aliphatic carbocycles. The van der Waals surface area contributed by atoms with Crippen LogP contribution in [-0.2, 0) is 14.2 Å².